The average Bonchev–Trinajstić information content (AvgIpc) is 3.07. The van der Waals surface area contributed by atoms with Gasteiger partial charge in [0.05, 0.1) is 12.8 Å². The van der Waals surface area contributed by atoms with Crippen LogP contribution in [0, 0.1) is 6.92 Å². The molecule has 0 unspecified atom stereocenters. The highest BCUT2D eigenvalue weighted by atomic mass is 32.2. The van der Waals surface area contributed by atoms with Crippen LogP contribution < -0.4 is 5.32 Å². The topological polar surface area (TPSA) is 91.2 Å². The lowest BCUT2D eigenvalue weighted by atomic mass is 10.3. The van der Waals surface area contributed by atoms with Gasteiger partial charge in [-0.2, -0.15) is 9.40 Å². The number of H-pyrrole nitrogens is 1. The maximum absolute atomic E-state index is 12.8. The van der Waals surface area contributed by atoms with Gasteiger partial charge < -0.3 is 9.73 Å². The summed E-state index contributed by atoms with van der Waals surface area (Å²) >= 11 is 0. The fraction of sp³-hybridized carbons (Fsp3) is 0.462. The number of nitrogens with one attached hydrogen (secondary N) is 2. The molecule has 0 saturated heterocycles. The van der Waals surface area contributed by atoms with E-state index in [0.29, 0.717) is 24.4 Å². The van der Waals surface area contributed by atoms with E-state index in [-0.39, 0.29) is 11.6 Å². The first kappa shape index (κ1) is 15.7. The Morgan fingerprint density at radius 2 is 2.24 bits per heavy atom. The molecule has 0 aliphatic heterocycles. The van der Waals surface area contributed by atoms with Crippen LogP contribution in [0.15, 0.2) is 27.8 Å². The minimum atomic E-state index is -3.67. The molecule has 0 saturated carbocycles. The summed E-state index contributed by atoms with van der Waals surface area (Å²) in [6, 6.07) is 3.49. The number of furan rings is 1. The molecular formula is C13H20N4O3S. The van der Waals surface area contributed by atoms with E-state index in [0.717, 1.165) is 5.69 Å². The Labute approximate surface area is 124 Å². The molecule has 8 heteroatoms. The molecule has 0 atom stereocenters. The number of hydrogen-bond donors (Lipinski definition) is 2. The Morgan fingerprint density at radius 3 is 2.81 bits per heavy atom. The van der Waals surface area contributed by atoms with E-state index in [9.17, 15) is 8.42 Å². The predicted octanol–water partition coefficient (Wildman–Crippen LogP) is 1.24. The highest BCUT2D eigenvalue weighted by molar-refractivity contribution is 7.89. The molecular weight excluding hydrogens is 292 g/mol. The first-order valence-corrected chi connectivity index (χ1v) is 8.15. The van der Waals surface area contributed by atoms with Crippen LogP contribution in [0.2, 0.25) is 0 Å². The smallest absolute Gasteiger partial charge is 0.263 e. The van der Waals surface area contributed by atoms with Gasteiger partial charge in [-0.15, -0.1) is 0 Å². The molecule has 21 heavy (non-hydrogen) atoms. The van der Waals surface area contributed by atoms with E-state index in [1.54, 1.807) is 26.1 Å². The number of rotatable bonds is 7. The summed E-state index contributed by atoms with van der Waals surface area (Å²) in [5.41, 5.74) is 1.41. The first-order chi connectivity index (χ1) is 10.0. The second kappa shape index (κ2) is 6.42. The van der Waals surface area contributed by atoms with Crippen molar-refractivity contribution in [1.29, 1.82) is 0 Å². The maximum Gasteiger partial charge on any atom is 0.263 e. The van der Waals surface area contributed by atoms with Gasteiger partial charge in [0.2, 0.25) is 0 Å². The predicted molar refractivity (Wildman–Crippen MR) is 78.1 cm³/mol. The van der Waals surface area contributed by atoms with Crippen molar-refractivity contribution in [1.82, 2.24) is 19.8 Å². The molecule has 116 valence electrons. The average molecular weight is 312 g/mol. The van der Waals surface area contributed by atoms with Gasteiger partial charge in [0, 0.05) is 24.3 Å². The summed E-state index contributed by atoms with van der Waals surface area (Å²) in [7, 11) is -1.90. The van der Waals surface area contributed by atoms with Crippen LogP contribution in [0.5, 0.6) is 0 Å². The number of sulfonamides is 1. The van der Waals surface area contributed by atoms with E-state index in [2.05, 4.69) is 15.5 Å². The van der Waals surface area contributed by atoms with Crippen molar-refractivity contribution in [2.75, 3.05) is 13.6 Å². The van der Waals surface area contributed by atoms with Gasteiger partial charge in [-0.25, -0.2) is 8.42 Å². The SMILES string of the molecule is CCN(Cc1ccco1)S(=O)(=O)c1n[nH]c(C)c1CNC. The zero-order valence-electron chi connectivity index (χ0n) is 12.4. The van der Waals surface area contributed by atoms with Gasteiger partial charge in [0.15, 0.2) is 5.03 Å². The third-order valence-corrected chi connectivity index (χ3v) is 5.13. The van der Waals surface area contributed by atoms with Crippen LogP contribution in [-0.2, 0) is 23.1 Å². The van der Waals surface area contributed by atoms with E-state index in [1.165, 1.54) is 10.6 Å². The van der Waals surface area contributed by atoms with Gasteiger partial charge in [-0.3, -0.25) is 5.10 Å². The molecule has 0 aliphatic carbocycles. The highest BCUT2D eigenvalue weighted by Gasteiger charge is 2.30. The molecule has 0 aromatic carbocycles. The summed E-state index contributed by atoms with van der Waals surface area (Å²) in [4.78, 5) is 0. The van der Waals surface area contributed by atoms with Crippen LogP contribution in [0.1, 0.15) is 23.9 Å². The van der Waals surface area contributed by atoms with Crippen LogP contribution in [0.3, 0.4) is 0 Å². The number of aryl methyl sites for hydroxylation is 1. The van der Waals surface area contributed by atoms with Gasteiger partial charge in [0.1, 0.15) is 5.76 Å². The lowest BCUT2D eigenvalue weighted by Crippen LogP contribution is -2.31. The van der Waals surface area contributed by atoms with Gasteiger partial charge >= 0.3 is 0 Å². The molecule has 0 amide bonds. The molecule has 2 heterocycles. The second-order valence-corrected chi connectivity index (χ2v) is 6.53. The number of aromatic amines is 1. The summed E-state index contributed by atoms with van der Waals surface area (Å²) in [5.74, 6) is 0.600. The summed E-state index contributed by atoms with van der Waals surface area (Å²) < 4.78 is 32.1. The minimum absolute atomic E-state index is 0.0720. The van der Waals surface area contributed by atoms with Crippen LogP contribution in [0.25, 0.3) is 0 Å². The zero-order chi connectivity index (χ0) is 15.5. The highest BCUT2D eigenvalue weighted by Crippen LogP contribution is 2.22. The van der Waals surface area contributed by atoms with Gasteiger partial charge in [-0.05, 0) is 26.1 Å². The van der Waals surface area contributed by atoms with Crippen molar-refractivity contribution >= 4 is 10.0 Å². The first-order valence-electron chi connectivity index (χ1n) is 6.71. The van der Waals surface area contributed by atoms with E-state index < -0.39 is 10.0 Å². The van der Waals surface area contributed by atoms with Crippen molar-refractivity contribution < 1.29 is 12.8 Å². The number of aromatic nitrogens is 2. The normalized spacial score (nSPS) is 12.2. The van der Waals surface area contributed by atoms with E-state index in [1.807, 2.05) is 6.92 Å². The molecule has 2 rings (SSSR count). The Morgan fingerprint density at radius 1 is 1.48 bits per heavy atom. The molecule has 0 spiro atoms. The third-order valence-electron chi connectivity index (χ3n) is 3.24. The maximum atomic E-state index is 12.8. The Hall–Kier alpha value is -1.64. The molecule has 2 N–H and O–H groups in total. The van der Waals surface area contributed by atoms with E-state index in [4.69, 9.17) is 4.42 Å². The van der Waals surface area contributed by atoms with E-state index >= 15 is 0 Å². The summed E-state index contributed by atoms with van der Waals surface area (Å²) in [5, 5.41) is 9.76. The van der Waals surface area contributed by atoms with Crippen molar-refractivity contribution in [3.05, 3.63) is 35.4 Å². The lowest BCUT2D eigenvalue weighted by Gasteiger charge is -2.18. The molecule has 7 nitrogen and oxygen atoms in total. The number of nitrogens with zero attached hydrogens (tertiary/aromatic N) is 2. The fourth-order valence-electron chi connectivity index (χ4n) is 2.09. The molecule has 0 bridgehead atoms. The quantitative estimate of drug-likeness (QED) is 0.802. The summed E-state index contributed by atoms with van der Waals surface area (Å²) in [6.07, 6.45) is 1.53. The third kappa shape index (κ3) is 3.17. The Kier molecular flexibility index (Phi) is 4.81. The van der Waals surface area contributed by atoms with Gasteiger partial charge in [-0.1, -0.05) is 6.92 Å². The number of hydrogen-bond acceptors (Lipinski definition) is 5. The zero-order valence-corrected chi connectivity index (χ0v) is 13.2. The Bertz CT molecular complexity index is 676. The monoisotopic (exact) mass is 312 g/mol. The Balaban J connectivity index is 2.35. The minimum Gasteiger partial charge on any atom is -0.468 e. The van der Waals surface area contributed by atoms with Crippen LogP contribution >= 0.6 is 0 Å². The summed E-state index contributed by atoms with van der Waals surface area (Å²) in [6.45, 7) is 4.57. The van der Waals surface area contributed by atoms with Crippen molar-refractivity contribution in [3.8, 4) is 0 Å². The van der Waals surface area contributed by atoms with Crippen LogP contribution in [-0.4, -0.2) is 36.5 Å². The van der Waals surface area contributed by atoms with Gasteiger partial charge in [0.25, 0.3) is 10.0 Å². The fourth-order valence-corrected chi connectivity index (χ4v) is 3.67. The lowest BCUT2D eigenvalue weighted by molar-refractivity contribution is 0.374. The largest absolute Gasteiger partial charge is 0.468 e. The standard InChI is InChI=1S/C13H20N4O3S/c1-4-17(9-11-6-5-7-20-11)21(18,19)13-12(8-14-3)10(2)15-16-13/h5-7,14H,4,8-9H2,1-3H3,(H,15,16). The molecule has 0 aliphatic rings. The second-order valence-electron chi connectivity index (χ2n) is 4.67. The van der Waals surface area contributed by atoms with Crippen molar-refractivity contribution in [2.24, 2.45) is 0 Å². The van der Waals surface area contributed by atoms with Crippen LogP contribution in [0.4, 0.5) is 0 Å². The molecule has 0 radical (unpaired) electrons. The molecule has 2 aromatic rings. The molecule has 2 aromatic heterocycles. The molecule has 0 fully saturated rings. The van der Waals surface area contributed by atoms with Crippen molar-refractivity contribution in [3.63, 3.8) is 0 Å². The van der Waals surface area contributed by atoms with Crippen molar-refractivity contribution in [2.45, 2.75) is 32.0 Å².